The Morgan fingerprint density at radius 2 is 1.59 bits per heavy atom. The van der Waals surface area contributed by atoms with E-state index < -0.39 is 11.8 Å². The summed E-state index contributed by atoms with van der Waals surface area (Å²) in [4.78, 5) is 23.7. The molecule has 0 aliphatic rings. The number of carbonyl (C=O) groups excluding carboxylic acids is 2. The normalized spacial score (nSPS) is 10.1. The highest BCUT2D eigenvalue weighted by atomic mass is 19.1. The maximum Gasteiger partial charge on any atom is 0.313 e. The van der Waals surface area contributed by atoms with Crippen molar-refractivity contribution in [2.75, 3.05) is 5.32 Å². The van der Waals surface area contributed by atoms with Gasteiger partial charge in [0.1, 0.15) is 5.82 Å². The van der Waals surface area contributed by atoms with Gasteiger partial charge in [0, 0.05) is 12.2 Å². The van der Waals surface area contributed by atoms with Crippen LogP contribution in [0.5, 0.6) is 0 Å². The Morgan fingerprint density at radius 3 is 2.18 bits per heavy atom. The number of amides is 2. The first-order valence-electron chi connectivity index (χ1n) is 6.87. The average molecular weight is 300 g/mol. The van der Waals surface area contributed by atoms with Crippen LogP contribution in [-0.2, 0) is 16.1 Å². The highest BCUT2D eigenvalue weighted by Gasteiger charge is 2.16. The Morgan fingerprint density at radius 1 is 1.00 bits per heavy atom. The molecule has 0 fully saturated rings. The second-order valence-electron chi connectivity index (χ2n) is 5.04. The highest BCUT2D eigenvalue weighted by Crippen LogP contribution is 2.21. The smallest absolute Gasteiger partial charge is 0.313 e. The standard InChI is InChI=1S/C17H17FN2O2/c1-11-8-14(18)9-12(2)15(11)20-17(22)16(21)19-10-13-6-4-3-5-7-13/h3-9H,10H2,1-2H3,(H,19,21)(H,20,22). The maximum atomic E-state index is 13.2. The first kappa shape index (κ1) is 15.7. The van der Waals surface area contributed by atoms with E-state index in [0.29, 0.717) is 16.8 Å². The number of anilines is 1. The van der Waals surface area contributed by atoms with E-state index in [9.17, 15) is 14.0 Å². The zero-order chi connectivity index (χ0) is 16.1. The fraction of sp³-hybridized carbons (Fsp3) is 0.176. The number of halogens is 1. The van der Waals surface area contributed by atoms with E-state index in [1.165, 1.54) is 12.1 Å². The molecule has 22 heavy (non-hydrogen) atoms. The lowest BCUT2D eigenvalue weighted by Gasteiger charge is -2.12. The SMILES string of the molecule is Cc1cc(F)cc(C)c1NC(=O)C(=O)NCc1ccccc1. The molecule has 2 amide bonds. The van der Waals surface area contributed by atoms with Crippen molar-refractivity contribution >= 4 is 17.5 Å². The maximum absolute atomic E-state index is 13.2. The van der Waals surface area contributed by atoms with Crippen molar-refractivity contribution in [2.24, 2.45) is 0 Å². The predicted octanol–water partition coefficient (Wildman–Crippen LogP) is 2.70. The Hall–Kier alpha value is -2.69. The third kappa shape index (κ3) is 3.91. The van der Waals surface area contributed by atoms with Gasteiger partial charge < -0.3 is 10.6 Å². The summed E-state index contributed by atoms with van der Waals surface area (Å²) in [5, 5.41) is 5.07. The van der Waals surface area contributed by atoms with Crippen LogP contribution < -0.4 is 10.6 Å². The van der Waals surface area contributed by atoms with E-state index in [4.69, 9.17) is 0 Å². The first-order chi connectivity index (χ1) is 10.5. The molecule has 2 N–H and O–H groups in total. The molecule has 0 saturated carbocycles. The van der Waals surface area contributed by atoms with Crippen LogP contribution in [0.1, 0.15) is 16.7 Å². The number of hydrogen-bond acceptors (Lipinski definition) is 2. The summed E-state index contributed by atoms with van der Waals surface area (Å²) in [5.74, 6) is -1.87. The molecule has 0 atom stereocenters. The van der Waals surface area contributed by atoms with Gasteiger partial charge in [0.15, 0.2) is 0 Å². The molecule has 2 aromatic rings. The molecule has 0 unspecified atom stereocenters. The Kier molecular flexibility index (Phi) is 4.88. The van der Waals surface area contributed by atoms with Gasteiger partial charge in [-0.3, -0.25) is 9.59 Å². The van der Waals surface area contributed by atoms with Crippen LogP contribution in [-0.4, -0.2) is 11.8 Å². The summed E-state index contributed by atoms with van der Waals surface area (Å²) in [6.45, 7) is 3.62. The highest BCUT2D eigenvalue weighted by molar-refractivity contribution is 6.39. The zero-order valence-corrected chi connectivity index (χ0v) is 12.4. The molecule has 0 aliphatic heterocycles. The zero-order valence-electron chi connectivity index (χ0n) is 12.4. The summed E-state index contributed by atoms with van der Waals surface area (Å²) in [6.07, 6.45) is 0. The molecule has 0 bridgehead atoms. The van der Waals surface area contributed by atoms with Crippen molar-refractivity contribution in [3.05, 3.63) is 65.0 Å². The van der Waals surface area contributed by atoms with E-state index in [2.05, 4.69) is 10.6 Å². The van der Waals surface area contributed by atoms with Crippen molar-refractivity contribution in [2.45, 2.75) is 20.4 Å². The topological polar surface area (TPSA) is 58.2 Å². The molecular weight excluding hydrogens is 283 g/mol. The van der Waals surface area contributed by atoms with Crippen LogP contribution in [0.15, 0.2) is 42.5 Å². The van der Waals surface area contributed by atoms with Crippen LogP contribution in [0.25, 0.3) is 0 Å². The van der Waals surface area contributed by atoms with E-state index in [-0.39, 0.29) is 12.4 Å². The molecular formula is C17H17FN2O2. The van der Waals surface area contributed by atoms with E-state index in [1.807, 2.05) is 30.3 Å². The number of aryl methyl sites for hydroxylation is 2. The third-order valence-electron chi connectivity index (χ3n) is 3.24. The summed E-state index contributed by atoms with van der Waals surface area (Å²) in [7, 11) is 0. The Bertz CT molecular complexity index is 676. The summed E-state index contributed by atoms with van der Waals surface area (Å²) < 4.78 is 13.2. The van der Waals surface area contributed by atoms with Crippen molar-refractivity contribution < 1.29 is 14.0 Å². The second-order valence-corrected chi connectivity index (χ2v) is 5.04. The lowest BCUT2D eigenvalue weighted by molar-refractivity contribution is -0.136. The molecule has 114 valence electrons. The van der Waals surface area contributed by atoms with Crippen molar-refractivity contribution in [1.29, 1.82) is 0 Å². The molecule has 2 rings (SSSR count). The number of benzene rings is 2. The molecule has 0 aliphatic carbocycles. The van der Waals surface area contributed by atoms with Gasteiger partial charge in [-0.1, -0.05) is 30.3 Å². The van der Waals surface area contributed by atoms with Crippen LogP contribution in [0.4, 0.5) is 10.1 Å². The van der Waals surface area contributed by atoms with Gasteiger partial charge in [-0.2, -0.15) is 0 Å². The van der Waals surface area contributed by atoms with Gasteiger partial charge in [-0.05, 0) is 42.7 Å². The number of rotatable bonds is 3. The summed E-state index contributed by atoms with van der Waals surface area (Å²) in [5.41, 5.74) is 2.50. The molecule has 0 aromatic heterocycles. The van der Waals surface area contributed by atoms with Gasteiger partial charge in [0.05, 0.1) is 0 Å². The lowest BCUT2D eigenvalue weighted by atomic mass is 10.1. The Balaban J connectivity index is 1.99. The quantitative estimate of drug-likeness (QED) is 0.856. The summed E-state index contributed by atoms with van der Waals surface area (Å²) in [6, 6.07) is 11.9. The molecule has 0 radical (unpaired) electrons. The van der Waals surface area contributed by atoms with E-state index in [0.717, 1.165) is 5.56 Å². The number of hydrogen-bond donors (Lipinski definition) is 2. The van der Waals surface area contributed by atoms with Crippen LogP contribution in [0.3, 0.4) is 0 Å². The second kappa shape index (κ2) is 6.85. The van der Waals surface area contributed by atoms with Gasteiger partial charge >= 0.3 is 11.8 Å². The number of carbonyl (C=O) groups is 2. The molecule has 0 spiro atoms. The van der Waals surface area contributed by atoms with Gasteiger partial charge in [0.2, 0.25) is 0 Å². The molecule has 4 nitrogen and oxygen atoms in total. The summed E-state index contributed by atoms with van der Waals surface area (Å²) >= 11 is 0. The van der Waals surface area contributed by atoms with Crippen molar-refractivity contribution in [1.82, 2.24) is 5.32 Å². The lowest BCUT2D eigenvalue weighted by Crippen LogP contribution is -2.35. The molecule has 0 saturated heterocycles. The van der Waals surface area contributed by atoms with Crippen LogP contribution in [0, 0.1) is 19.7 Å². The van der Waals surface area contributed by atoms with Crippen LogP contribution in [0.2, 0.25) is 0 Å². The fourth-order valence-electron chi connectivity index (χ4n) is 2.14. The monoisotopic (exact) mass is 300 g/mol. The molecule has 2 aromatic carbocycles. The number of nitrogens with one attached hydrogen (secondary N) is 2. The third-order valence-corrected chi connectivity index (χ3v) is 3.24. The minimum Gasteiger partial charge on any atom is -0.344 e. The fourth-order valence-corrected chi connectivity index (χ4v) is 2.14. The average Bonchev–Trinajstić information content (AvgIpc) is 2.49. The van der Waals surface area contributed by atoms with Crippen LogP contribution >= 0.6 is 0 Å². The van der Waals surface area contributed by atoms with Gasteiger partial charge in [-0.25, -0.2) is 4.39 Å². The van der Waals surface area contributed by atoms with E-state index >= 15 is 0 Å². The predicted molar refractivity (Wildman–Crippen MR) is 82.8 cm³/mol. The van der Waals surface area contributed by atoms with E-state index in [1.54, 1.807) is 13.8 Å². The van der Waals surface area contributed by atoms with Crippen molar-refractivity contribution in [3.8, 4) is 0 Å². The molecule has 0 heterocycles. The first-order valence-corrected chi connectivity index (χ1v) is 6.87. The van der Waals surface area contributed by atoms with Gasteiger partial charge in [-0.15, -0.1) is 0 Å². The Labute approximate surface area is 128 Å². The largest absolute Gasteiger partial charge is 0.344 e. The minimum atomic E-state index is -0.770. The van der Waals surface area contributed by atoms with Gasteiger partial charge in [0.25, 0.3) is 0 Å². The van der Waals surface area contributed by atoms with Crippen molar-refractivity contribution in [3.63, 3.8) is 0 Å². The minimum absolute atomic E-state index is 0.272. The molecule has 5 heteroatoms.